The molecule has 2 nitrogen and oxygen atoms in total. The summed E-state index contributed by atoms with van der Waals surface area (Å²) in [6.45, 7) is 12.3. The van der Waals surface area contributed by atoms with Crippen molar-refractivity contribution in [2.45, 2.75) is 67.9 Å². The zero-order chi connectivity index (χ0) is 9.07. The highest BCUT2D eigenvalue weighted by molar-refractivity contribution is 6.64. The Bertz CT molecular complexity index is 99.5. The largest absolute Gasteiger partial charge is 0.392 e. The van der Waals surface area contributed by atoms with Gasteiger partial charge in [-0.2, -0.15) is 0 Å². The van der Waals surface area contributed by atoms with Gasteiger partial charge in [0.15, 0.2) is 0 Å². The summed E-state index contributed by atoms with van der Waals surface area (Å²) in [6.07, 6.45) is 0.547. The van der Waals surface area contributed by atoms with Crippen LogP contribution in [0.2, 0.25) is 13.1 Å². The lowest BCUT2D eigenvalue weighted by atomic mass is 10.5. The van der Waals surface area contributed by atoms with Crippen LogP contribution in [0.3, 0.4) is 0 Å². The molecule has 0 fully saturated rings. The molecule has 0 atom stereocenters. The molecule has 0 saturated heterocycles. The molecule has 0 bridgehead atoms. The van der Waals surface area contributed by atoms with Crippen LogP contribution in [-0.4, -0.2) is 20.8 Å². The highest BCUT2D eigenvalue weighted by atomic mass is 28.4. The van der Waals surface area contributed by atoms with Crippen molar-refractivity contribution in [3.8, 4) is 0 Å². The molecular formula is C10H28O2Si. The quantitative estimate of drug-likeness (QED) is 0.654. The van der Waals surface area contributed by atoms with Crippen LogP contribution in [0, 0.1) is 0 Å². The smallest absolute Gasteiger partial charge is 0.332 e. The first-order chi connectivity index (χ1) is 4.83. The van der Waals surface area contributed by atoms with Crippen molar-refractivity contribution in [2.24, 2.45) is 0 Å². The number of hydrogen-bond acceptors (Lipinski definition) is 2. The Morgan fingerprint density at radius 2 is 1.00 bits per heavy atom. The van der Waals surface area contributed by atoms with Crippen LogP contribution in [-0.2, 0) is 8.85 Å². The zero-order valence-corrected chi connectivity index (χ0v) is 9.47. The lowest BCUT2D eigenvalue weighted by Gasteiger charge is -2.27. The summed E-state index contributed by atoms with van der Waals surface area (Å²) in [5.74, 6) is 0. The van der Waals surface area contributed by atoms with Crippen LogP contribution in [0.1, 0.15) is 42.5 Å². The third kappa shape index (κ3) is 12.1. The maximum absolute atomic E-state index is 5.67. The normalized spacial score (nSPS) is 11.1. The summed E-state index contributed by atoms with van der Waals surface area (Å²) in [4.78, 5) is 0. The minimum atomic E-state index is -1.83. The Morgan fingerprint density at radius 1 is 0.769 bits per heavy atom. The third-order valence-electron chi connectivity index (χ3n) is 1.04. The van der Waals surface area contributed by atoms with Crippen LogP contribution in [0.25, 0.3) is 0 Å². The zero-order valence-electron chi connectivity index (χ0n) is 8.47. The van der Waals surface area contributed by atoms with E-state index in [-0.39, 0.29) is 27.1 Å². The molecule has 0 N–H and O–H groups in total. The molecule has 0 aliphatic heterocycles. The van der Waals surface area contributed by atoms with Crippen molar-refractivity contribution < 1.29 is 8.85 Å². The fraction of sp³-hybridized carbons (Fsp3) is 1.00. The molecule has 0 spiro atoms. The second-order valence-corrected chi connectivity index (χ2v) is 7.00. The van der Waals surface area contributed by atoms with E-state index < -0.39 is 8.56 Å². The Kier molecular flexibility index (Phi) is 10.9. The summed E-state index contributed by atoms with van der Waals surface area (Å²) in [5.41, 5.74) is 0. The minimum Gasteiger partial charge on any atom is -0.392 e. The highest BCUT2D eigenvalue weighted by Crippen LogP contribution is 2.11. The topological polar surface area (TPSA) is 18.5 Å². The van der Waals surface area contributed by atoms with Gasteiger partial charge in [0.1, 0.15) is 0 Å². The first-order valence-electron chi connectivity index (χ1n) is 4.19. The van der Waals surface area contributed by atoms with Crippen molar-refractivity contribution in [1.82, 2.24) is 0 Å². The lowest BCUT2D eigenvalue weighted by Crippen LogP contribution is -2.39. The van der Waals surface area contributed by atoms with Crippen molar-refractivity contribution in [3.63, 3.8) is 0 Å². The van der Waals surface area contributed by atoms with Crippen LogP contribution < -0.4 is 0 Å². The van der Waals surface area contributed by atoms with E-state index in [0.29, 0.717) is 0 Å². The lowest BCUT2D eigenvalue weighted by molar-refractivity contribution is 0.114. The van der Waals surface area contributed by atoms with E-state index >= 15 is 0 Å². The van der Waals surface area contributed by atoms with E-state index in [1.165, 1.54) is 0 Å². The fourth-order valence-corrected chi connectivity index (χ4v) is 3.49. The van der Waals surface area contributed by atoms with Crippen molar-refractivity contribution >= 4 is 8.56 Å². The van der Waals surface area contributed by atoms with Gasteiger partial charge in [-0.3, -0.25) is 0 Å². The van der Waals surface area contributed by atoms with E-state index in [4.69, 9.17) is 8.85 Å². The molecule has 0 radical (unpaired) electrons. The van der Waals surface area contributed by atoms with Gasteiger partial charge in [-0.1, -0.05) is 14.9 Å². The molecule has 0 aromatic carbocycles. The molecular weight excluding hydrogens is 180 g/mol. The van der Waals surface area contributed by atoms with Gasteiger partial charge in [0.25, 0.3) is 0 Å². The van der Waals surface area contributed by atoms with Gasteiger partial charge in [-0.05, 0) is 40.8 Å². The maximum Gasteiger partial charge on any atom is 0.332 e. The van der Waals surface area contributed by atoms with Gasteiger partial charge in [-0.25, -0.2) is 0 Å². The van der Waals surface area contributed by atoms with Crippen LogP contribution in [0.4, 0.5) is 0 Å². The molecule has 0 saturated carbocycles. The van der Waals surface area contributed by atoms with Crippen molar-refractivity contribution in [2.75, 3.05) is 0 Å². The number of rotatable bonds is 4. The molecule has 0 amide bonds. The van der Waals surface area contributed by atoms with Gasteiger partial charge in [0, 0.05) is 12.2 Å². The van der Waals surface area contributed by atoms with Gasteiger partial charge in [-0.15, -0.1) is 0 Å². The van der Waals surface area contributed by atoms with E-state index in [1.54, 1.807) is 0 Å². The molecule has 13 heavy (non-hydrogen) atoms. The van der Waals surface area contributed by atoms with E-state index in [0.717, 1.165) is 0 Å². The first-order valence-corrected chi connectivity index (χ1v) is 7.01. The predicted octanol–water partition coefficient (Wildman–Crippen LogP) is 3.81. The van der Waals surface area contributed by atoms with Crippen molar-refractivity contribution in [1.29, 1.82) is 0 Å². The highest BCUT2D eigenvalue weighted by Gasteiger charge is 2.26. The van der Waals surface area contributed by atoms with Gasteiger partial charge >= 0.3 is 8.56 Å². The third-order valence-corrected chi connectivity index (χ3v) is 3.12. The molecule has 0 aromatic heterocycles. The molecule has 0 rings (SSSR count). The predicted molar refractivity (Wildman–Crippen MR) is 63.4 cm³/mol. The molecule has 84 valence electrons. The fourth-order valence-electron chi connectivity index (χ4n) is 1.16. The summed E-state index contributed by atoms with van der Waals surface area (Å²) < 4.78 is 11.3. The Morgan fingerprint density at radius 3 is 1.15 bits per heavy atom. The standard InChI is InChI=1S/C8H20O2Si.2CH4/c1-7(2)9-11(5,6)10-8(3)4;;/h7-8H,1-6H3;2*1H4. The van der Waals surface area contributed by atoms with Gasteiger partial charge in [0.05, 0.1) is 0 Å². The molecule has 0 heterocycles. The molecule has 0 aromatic rings. The Balaban J connectivity index is -0.000000500. The Labute approximate surface area is 85.9 Å². The molecule has 0 unspecified atom stereocenters. The SMILES string of the molecule is C.C.CC(C)O[Si](C)(C)OC(C)C. The summed E-state index contributed by atoms with van der Waals surface area (Å²) >= 11 is 0. The van der Waals surface area contributed by atoms with Crippen LogP contribution in [0.5, 0.6) is 0 Å². The summed E-state index contributed by atoms with van der Waals surface area (Å²) in [5, 5.41) is 0. The number of hydrogen-bond donors (Lipinski definition) is 0. The van der Waals surface area contributed by atoms with Crippen LogP contribution >= 0.6 is 0 Å². The van der Waals surface area contributed by atoms with Gasteiger partial charge < -0.3 is 8.85 Å². The second kappa shape index (κ2) is 7.53. The monoisotopic (exact) mass is 208 g/mol. The van der Waals surface area contributed by atoms with Crippen molar-refractivity contribution in [3.05, 3.63) is 0 Å². The molecule has 3 heteroatoms. The minimum absolute atomic E-state index is 0. The van der Waals surface area contributed by atoms with E-state index in [1.807, 2.05) is 27.7 Å². The average molecular weight is 208 g/mol. The maximum atomic E-state index is 5.67. The van der Waals surface area contributed by atoms with E-state index in [2.05, 4.69) is 13.1 Å². The Hall–Kier alpha value is 0.137. The summed E-state index contributed by atoms with van der Waals surface area (Å²) in [6, 6.07) is 0. The molecule has 0 aliphatic rings. The van der Waals surface area contributed by atoms with E-state index in [9.17, 15) is 0 Å². The average Bonchev–Trinajstić information content (AvgIpc) is 1.53. The summed E-state index contributed by atoms with van der Waals surface area (Å²) in [7, 11) is -1.83. The second-order valence-electron chi connectivity index (χ2n) is 3.73. The first kappa shape index (κ1) is 18.8. The van der Waals surface area contributed by atoms with Crippen LogP contribution in [0.15, 0.2) is 0 Å². The van der Waals surface area contributed by atoms with Gasteiger partial charge in [0.2, 0.25) is 0 Å². The molecule has 0 aliphatic carbocycles.